The molecule has 0 unspecified atom stereocenters. The number of ether oxygens (including phenoxy) is 1. The van der Waals surface area contributed by atoms with Crippen LogP contribution in [0.3, 0.4) is 0 Å². The van der Waals surface area contributed by atoms with Crippen molar-refractivity contribution in [2.75, 3.05) is 24.1 Å². The molecule has 0 aliphatic heterocycles. The number of phenolic OH excluding ortho intramolecular Hbond substituents is 1. The number of phenols is 1. The molecule has 19 heavy (non-hydrogen) atoms. The van der Waals surface area contributed by atoms with Crippen LogP contribution in [-0.4, -0.2) is 29.9 Å². The van der Waals surface area contributed by atoms with Crippen molar-refractivity contribution in [3.8, 4) is 5.75 Å². The van der Waals surface area contributed by atoms with Crippen molar-refractivity contribution in [3.63, 3.8) is 0 Å². The second kappa shape index (κ2) is 6.17. The lowest BCUT2D eigenvalue weighted by Crippen LogP contribution is -2.35. The van der Waals surface area contributed by atoms with Crippen molar-refractivity contribution in [1.29, 1.82) is 0 Å². The Bertz CT molecular complexity index is 441. The Balaban J connectivity index is 2.31. The lowest BCUT2D eigenvalue weighted by Gasteiger charge is -2.19. The monoisotopic (exact) mass is 267 g/mol. The molecule has 0 radical (unpaired) electrons. The number of benzene rings is 1. The van der Waals surface area contributed by atoms with Gasteiger partial charge >= 0.3 is 6.09 Å². The SMILES string of the molecule is CC(C)(C)OC(=O)NCCNc1cc(O)ccc1N. The Morgan fingerprint density at radius 2 is 2.05 bits per heavy atom. The number of aromatic hydroxyl groups is 1. The summed E-state index contributed by atoms with van der Waals surface area (Å²) in [7, 11) is 0. The Labute approximate surface area is 112 Å². The third-order valence-corrected chi connectivity index (χ3v) is 2.15. The van der Waals surface area contributed by atoms with E-state index < -0.39 is 11.7 Å². The third-order valence-electron chi connectivity index (χ3n) is 2.15. The van der Waals surface area contributed by atoms with Gasteiger partial charge < -0.3 is 26.2 Å². The number of nitrogens with two attached hydrogens (primary N) is 1. The summed E-state index contributed by atoms with van der Waals surface area (Å²) < 4.78 is 5.09. The number of hydrogen-bond donors (Lipinski definition) is 4. The highest BCUT2D eigenvalue weighted by Crippen LogP contribution is 2.22. The molecule has 0 aromatic heterocycles. The summed E-state index contributed by atoms with van der Waals surface area (Å²) in [4.78, 5) is 11.4. The van der Waals surface area contributed by atoms with Crippen LogP contribution in [-0.2, 0) is 4.74 Å². The second-order valence-electron chi connectivity index (χ2n) is 5.13. The van der Waals surface area contributed by atoms with Gasteiger partial charge in [-0.25, -0.2) is 4.79 Å². The maximum atomic E-state index is 11.4. The fourth-order valence-electron chi connectivity index (χ4n) is 1.37. The lowest BCUT2D eigenvalue weighted by molar-refractivity contribution is 0.0530. The summed E-state index contributed by atoms with van der Waals surface area (Å²) in [6.07, 6.45) is -0.460. The number of nitrogen functional groups attached to an aromatic ring is 1. The third kappa shape index (κ3) is 5.85. The van der Waals surface area contributed by atoms with Gasteiger partial charge in [0.15, 0.2) is 0 Å². The molecule has 0 fully saturated rings. The fourth-order valence-corrected chi connectivity index (χ4v) is 1.37. The molecule has 0 saturated carbocycles. The number of alkyl carbamates (subject to hydrolysis) is 1. The summed E-state index contributed by atoms with van der Waals surface area (Å²) in [6.45, 7) is 6.28. The van der Waals surface area contributed by atoms with Crippen LogP contribution in [0.15, 0.2) is 18.2 Å². The molecule has 6 nitrogen and oxygen atoms in total. The number of anilines is 2. The quantitative estimate of drug-likeness (QED) is 0.379. The molecule has 1 aromatic rings. The van der Waals surface area contributed by atoms with Crippen LogP contribution < -0.4 is 16.4 Å². The van der Waals surface area contributed by atoms with E-state index in [9.17, 15) is 9.90 Å². The highest BCUT2D eigenvalue weighted by Gasteiger charge is 2.15. The zero-order valence-electron chi connectivity index (χ0n) is 11.5. The first-order valence-corrected chi connectivity index (χ1v) is 6.07. The molecule has 1 rings (SSSR count). The van der Waals surface area contributed by atoms with Gasteiger partial charge in [0, 0.05) is 19.2 Å². The first kappa shape index (κ1) is 14.9. The standard InChI is InChI=1S/C13H21N3O3/c1-13(2,3)19-12(18)16-7-6-15-11-8-9(17)4-5-10(11)14/h4-5,8,15,17H,6-7,14H2,1-3H3,(H,16,18). The summed E-state index contributed by atoms with van der Waals surface area (Å²) in [5.41, 5.74) is 6.39. The van der Waals surface area contributed by atoms with Gasteiger partial charge in [-0.1, -0.05) is 0 Å². The number of amides is 1. The molecular weight excluding hydrogens is 246 g/mol. The molecule has 0 aliphatic rings. The van der Waals surface area contributed by atoms with E-state index in [4.69, 9.17) is 10.5 Å². The van der Waals surface area contributed by atoms with Gasteiger partial charge in [-0.3, -0.25) is 0 Å². The predicted molar refractivity (Wildman–Crippen MR) is 75.2 cm³/mol. The largest absolute Gasteiger partial charge is 0.508 e. The van der Waals surface area contributed by atoms with Gasteiger partial charge in [0.25, 0.3) is 0 Å². The maximum absolute atomic E-state index is 11.4. The van der Waals surface area contributed by atoms with E-state index in [0.29, 0.717) is 24.5 Å². The van der Waals surface area contributed by atoms with E-state index >= 15 is 0 Å². The topological polar surface area (TPSA) is 96.6 Å². The molecule has 0 atom stereocenters. The van der Waals surface area contributed by atoms with Crippen molar-refractivity contribution >= 4 is 17.5 Å². The zero-order chi connectivity index (χ0) is 14.5. The van der Waals surface area contributed by atoms with Crippen LogP contribution in [0, 0.1) is 0 Å². The number of carbonyl (C=O) groups excluding carboxylic acids is 1. The Hall–Kier alpha value is -2.11. The predicted octanol–water partition coefficient (Wildman–Crippen LogP) is 1.91. The molecule has 0 saturated heterocycles. The van der Waals surface area contributed by atoms with Crippen molar-refractivity contribution in [2.45, 2.75) is 26.4 Å². The Kier molecular flexibility index (Phi) is 4.86. The summed E-state index contributed by atoms with van der Waals surface area (Å²) >= 11 is 0. The van der Waals surface area contributed by atoms with Gasteiger partial charge in [-0.15, -0.1) is 0 Å². The zero-order valence-corrected chi connectivity index (χ0v) is 11.5. The minimum Gasteiger partial charge on any atom is -0.508 e. The molecular formula is C13H21N3O3. The highest BCUT2D eigenvalue weighted by molar-refractivity contribution is 5.69. The van der Waals surface area contributed by atoms with Crippen molar-refractivity contribution < 1.29 is 14.6 Å². The van der Waals surface area contributed by atoms with Crippen LogP contribution in [0.5, 0.6) is 5.75 Å². The smallest absolute Gasteiger partial charge is 0.407 e. The van der Waals surface area contributed by atoms with E-state index in [2.05, 4.69) is 10.6 Å². The highest BCUT2D eigenvalue weighted by atomic mass is 16.6. The first-order chi connectivity index (χ1) is 8.78. The van der Waals surface area contributed by atoms with Gasteiger partial charge in [0.2, 0.25) is 0 Å². The molecule has 106 valence electrons. The minimum atomic E-state index is -0.507. The molecule has 5 N–H and O–H groups in total. The number of carbonyl (C=O) groups is 1. The van der Waals surface area contributed by atoms with Crippen molar-refractivity contribution in [1.82, 2.24) is 5.32 Å². The normalized spacial score (nSPS) is 10.9. The van der Waals surface area contributed by atoms with E-state index in [-0.39, 0.29) is 5.75 Å². The van der Waals surface area contributed by atoms with Gasteiger partial charge in [-0.05, 0) is 32.9 Å². The fraction of sp³-hybridized carbons (Fsp3) is 0.462. The Morgan fingerprint density at radius 3 is 2.68 bits per heavy atom. The molecule has 0 spiro atoms. The van der Waals surface area contributed by atoms with E-state index in [1.165, 1.54) is 12.1 Å². The number of rotatable bonds is 4. The van der Waals surface area contributed by atoms with Crippen LogP contribution in [0.4, 0.5) is 16.2 Å². The van der Waals surface area contributed by atoms with E-state index in [1.807, 2.05) is 0 Å². The number of nitrogens with one attached hydrogen (secondary N) is 2. The second-order valence-corrected chi connectivity index (χ2v) is 5.13. The Morgan fingerprint density at radius 1 is 1.37 bits per heavy atom. The molecule has 0 bridgehead atoms. The molecule has 6 heteroatoms. The van der Waals surface area contributed by atoms with Crippen LogP contribution in [0.1, 0.15) is 20.8 Å². The molecule has 1 aromatic carbocycles. The van der Waals surface area contributed by atoms with E-state index in [0.717, 1.165) is 0 Å². The molecule has 1 amide bonds. The van der Waals surface area contributed by atoms with Gasteiger partial charge in [0.05, 0.1) is 11.4 Å². The van der Waals surface area contributed by atoms with Gasteiger partial charge in [-0.2, -0.15) is 0 Å². The minimum absolute atomic E-state index is 0.136. The summed E-state index contributed by atoms with van der Waals surface area (Å²) in [5, 5.41) is 15.0. The maximum Gasteiger partial charge on any atom is 0.407 e. The average Bonchev–Trinajstić information content (AvgIpc) is 2.26. The lowest BCUT2D eigenvalue weighted by atomic mass is 10.2. The first-order valence-electron chi connectivity index (χ1n) is 6.07. The molecule has 0 aliphatic carbocycles. The van der Waals surface area contributed by atoms with Crippen molar-refractivity contribution in [3.05, 3.63) is 18.2 Å². The number of hydrogen-bond acceptors (Lipinski definition) is 5. The summed E-state index contributed by atoms with van der Waals surface area (Å²) in [6, 6.07) is 4.65. The molecule has 0 heterocycles. The van der Waals surface area contributed by atoms with Crippen LogP contribution >= 0.6 is 0 Å². The van der Waals surface area contributed by atoms with Gasteiger partial charge in [0.1, 0.15) is 11.4 Å². The van der Waals surface area contributed by atoms with E-state index in [1.54, 1.807) is 26.8 Å². The summed E-state index contributed by atoms with van der Waals surface area (Å²) in [5.74, 6) is 0.136. The van der Waals surface area contributed by atoms with Crippen molar-refractivity contribution in [2.24, 2.45) is 0 Å². The van der Waals surface area contributed by atoms with Crippen LogP contribution in [0.25, 0.3) is 0 Å². The average molecular weight is 267 g/mol. The van der Waals surface area contributed by atoms with Crippen LogP contribution in [0.2, 0.25) is 0 Å².